The molecule has 1 aromatic carbocycles. The number of ether oxygens (including phenoxy) is 1. The molecule has 0 saturated heterocycles. The third-order valence-electron chi connectivity index (χ3n) is 2.45. The zero-order valence-corrected chi connectivity index (χ0v) is 10.4. The number of hydrogen-bond donors (Lipinski definition) is 0. The van der Waals surface area contributed by atoms with Crippen molar-refractivity contribution >= 4 is 0 Å². The highest BCUT2D eigenvalue weighted by atomic mass is 19.4. The molecule has 9 heteroatoms. The van der Waals surface area contributed by atoms with Gasteiger partial charge in [0.1, 0.15) is 11.3 Å². The van der Waals surface area contributed by atoms with E-state index in [1.165, 1.54) is 7.05 Å². The first kappa shape index (κ1) is 15.2. The van der Waals surface area contributed by atoms with Gasteiger partial charge in [-0.3, -0.25) is 4.68 Å². The van der Waals surface area contributed by atoms with Crippen molar-refractivity contribution in [2.24, 2.45) is 7.05 Å². The van der Waals surface area contributed by atoms with Crippen LogP contribution < -0.4 is 4.74 Å². The van der Waals surface area contributed by atoms with E-state index in [0.29, 0.717) is 6.07 Å². The summed E-state index contributed by atoms with van der Waals surface area (Å²) in [4.78, 5) is 0. The first-order valence-electron chi connectivity index (χ1n) is 5.46. The lowest BCUT2D eigenvalue weighted by Gasteiger charge is -2.18. The van der Waals surface area contributed by atoms with E-state index >= 15 is 0 Å². The summed E-state index contributed by atoms with van der Waals surface area (Å²) in [6.07, 6.45) is -7.91. The number of aryl methyl sites for hydroxylation is 1. The minimum absolute atomic E-state index is 0.290. The molecule has 1 radical (unpaired) electrons. The Morgan fingerprint density at radius 2 is 1.76 bits per heavy atom. The Labute approximate surface area is 114 Å². The molecule has 0 aliphatic carbocycles. The SMILES string of the molecule is Cn1[c]cc(Oc2cccc(C(F)(F)F)c2C(F)(F)F)n1. The smallest absolute Gasteiger partial charge is 0.420 e. The van der Waals surface area contributed by atoms with Crippen LogP contribution in [-0.4, -0.2) is 9.78 Å². The number of rotatable bonds is 2. The van der Waals surface area contributed by atoms with E-state index in [9.17, 15) is 26.3 Å². The van der Waals surface area contributed by atoms with E-state index in [-0.39, 0.29) is 5.88 Å². The Kier molecular flexibility index (Phi) is 3.60. The maximum absolute atomic E-state index is 12.9. The second kappa shape index (κ2) is 4.97. The van der Waals surface area contributed by atoms with Gasteiger partial charge in [0.15, 0.2) is 0 Å². The summed E-state index contributed by atoms with van der Waals surface area (Å²) in [5, 5.41) is 3.61. The molecule has 2 aromatic rings. The van der Waals surface area contributed by atoms with Crippen LogP contribution in [0.25, 0.3) is 0 Å². The second-order valence-electron chi connectivity index (χ2n) is 4.01. The number of alkyl halides is 6. The van der Waals surface area contributed by atoms with Gasteiger partial charge in [0.25, 0.3) is 0 Å². The lowest BCUT2D eigenvalue weighted by Crippen LogP contribution is -2.17. The van der Waals surface area contributed by atoms with Crippen molar-refractivity contribution in [3.63, 3.8) is 0 Å². The van der Waals surface area contributed by atoms with Crippen molar-refractivity contribution in [3.05, 3.63) is 41.6 Å². The molecule has 0 aliphatic heterocycles. The van der Waals surface area contributed by atoms with Crippen molar-refractivity contribution in [2.45, 2.75) is 12.4 Å². The Morgan fingerprint density at radius 1 is 1.10 bits per heavy atom. The molecular weight excluding hydrogens is 302 g/mol. The van der Waals surface area contributed by atoms with Crippen LogP contribution in [0, 0.1) is 6.20 Å². The lowest BCUT2D eigenvalue weighted by atomic mass is 10.1. The first-order chi connectivity index (χ1) is 9.59. The molecule has 113 valence electrons. The van der Waals surface area contributed by atoms with Gasteiger partial charge < -0.3 is 4.74 Å². The van der Waals surface area contributed by atoms with Gasteiger partial charge in [-0.1, -0.05) is 6.07 Å². The Balaban J connectivity index is 2.55. The van der Waals surface area contributed by atoms with Crippen LogP contribution in [0.5, 0.6) is 11.6 Å². The van der Waals surface area contributed by atoms with E-state index in [1.807, 2.05) is 0 Å². The first-order valence-corrected chi connectivity index (χ1v) is 5.46. The van der Waals surface area contributed by atoms with Gasteiger partial charge in [0.05, 0.1) is 11.8 Å². The van der Waals surface area contributed by atoms with Gasteiger partial charge in [-0.15, -0.1) is 5.10 Å². The Bertz CT molecular complexity index is 644. The fourth-order valence-electron chi connectivity index (χ4n) is 1.66. The normalized spacial score (nSPS) is 12.5. The number of nitrogens with zero attached hydrogens (tertiary/aromatic N) is 2. The van der Waals surface area contributed by atoms with Crippen LogP contribution in [0.4, 0.5) is 26.3 Å². The molecule has 21 heavy (non-hydrogen) atoms. The zero-order valence-electron chi connectivity index (χ0n) is 10.4. The highest BCUT2D eigenvalue weighted by molar-refractivity contribution is 5.45. The molecule has 1 aromatic heterocycles. The largest absolute Gasteiger partial charge is 0.437 e. The van der Waals surface area contributed by atoms with Gasteiger partial charge in [0.2, 0.25) is 5.88 Å². The van der Waals surface area contributed by atoms with E-state index < -0.39 is 29.2 Å². The maximum Gasteiger partial charge on any atom is 0.420 e. The van der Waals surface area contributed by atoms with Crippen LogP contribution in [0.15, 0.2) is 24.3 Å². The number of halogens is 6. The van der Waals surface area contributed by atoms with Crippen molar-refractivity contribution in [1.82, 2.24) is 9.78 Å². The van der Waals surface area contributed by atoms with Gasteiger partial charge in [-0.2, -0.15) is 26.3 Å². The molecule has 0 spiro atoms. The molecule has 0 amide bonds. The monoisotopic (exact) mass is 309 g/mol. The topological polar surface area (TPSA) is 27.1 Å². The minimum atomic E-state index is -5.22. The summed E-state index contributed by atoms with van der Waals surface area (Å²) in [5.74, 6) is -1.26. The Morgan fingerprint density at radius 3 is 2.24 bits per heavy atom. The molecule has 2 rings (SSSR count). The average Bonchev–Trinajstić information content (AvgIpc) is 2.72. The van der Waals surface area contributed by atoms with E-state index in [4.69, 9.17) is 4.74 Å². The van der Waals surface area contributed by atoms with Crippen LogP contribution in [0.1, 0.15) is 11.1 Å². The summed E-state index contributed by atoms with van der Waals surface area (Å²) in [7, 11) is 1.43. The number of aromatic nitrogens is 2. The molecule has 0 atom stereocenters. The van der Waals surface area contributed by atoms with Crippen molar-refractivity contribution in [3.8, 4) is 11.6 Å². The van der Waals surface area contributed by atoms with E-state index in [1.54, 1.807) is 0 Å². The minimum Gasteiger partial charge on any atom is -0.437 e. The van der Waals surface area contributed by atoms with Crippen molar-refractivity contribution in [2.75, 3.05) is 0 Å². The van der Waals surface area contributed by atoms with Gasteiger partial charge in [-0.05, 0) is 12.1 Å². The van der Waals surface area contributed by atoms with Crippen LogP contribution in [0.2, 0.25) is 0 Å². The van der Waals surface area contributed by atoms with Crippen LogP contribution in [-0.2, 0) is 19.4 Å². The van der Waals surface area contributed by atoms with Gasteiger partial charge >= 0.3 is 12.4 Å². The fraction of sp³-hybridized carbons (Fsp3) is 0.250. The number of benzene rings is 1. The number of hydrogen-bond acceptors (Lipinski definition) is 2. The molecule has 1 heterocycles. The predicted molar refractivity (Wildman–Crippen MR) is 58.6 cm³/mol. The summed E-state index contributed by atoms with van der Waals surface area (Å²) in [5.41, 5.74) is -3.70. The van der Waals surface area contributed by atoms with Crippen molar-refractivity contribution in [1.29, 1.82) is 0 Å². The quantitative estimate of drug-likeness (QED) is 0.783. The molecule has 0 aliphatic rings. The van der Waals surface area contributed by atoms with Crippen LogP contribution >= 0.6 is 0 Å². The molecule has 0 saturated carbocycles. The highest BCUT2D eigenvalue weighted by Gasteiger charge is 2.45. The molecule has 0 N–H and O–H groups in total. The van der Waals surface area contributed by atoms with E-state index in [2.05, 4.69) is 11.3 Å². The lowest BCUT2D eigenvalue weighted by molar-refractivity contribution is -0.162. The zero-order chi connectivity index (χ0) is 15.8. The predicted octanol–water partition coefficient (Wildman–Crippen LogP) is 4.05. The molecular formula is C12H7F6N2O. The summed E-state index contributed by atoms with van der Waals surface area (Å²) < 4.78 is 82.9. The molecule has 0 unspecified atom stereocenters. The standard InChI is InChI=1S/C12H7F6N2O/c1-20-6-5-9(19-20)21-8-4-2-3-7(11(13,14)15)10(8)12(16,17)18/h2-5H,1H3. The van der Waals surface area contributed by atoms with Crippen LogP contribution in [0.3, 0.4) is 0 Å². The fourth-order valence-corrected chi connectivity index (χ4v) is 1.66. The Hall–Kier alpha value is -2.19. The van der Waals surface area contributed by atoms with E-state index in [0.717, 1.165) is 22.9 Å². The molecule has 0 bridgehead atoms. The van der Waals surface area contributed by atoms with Crippen molar-refractivity contribution < 1.29 is 31.1 Å². The summed E-state index contributed by atoms with van der Waals surface area (Å²) in [6.45, 7) is 0. The van der Waals surface area contributed by atoms with Gasteiger partial charge in [-0.25, -0.2) is 0 Å². The summed E-state index contributed by atoms with van der Waals surface area (Å²) >= 11 is 0. The third kappa shape index (κ3) is 3.29. The van der Waals surface area contributed by atoms with Gasteiger partial charge in [0, 0.05) is 13.1 Å². The molecule has 3 nitrogen and oxygen atoms in total. The molecule has 0 fully saturated rings. The summed E-state index contributed by atoms with van der Waals surface area (Å²) in [6, 6.07) is 3.09. The maximum atomic E-state index is 12.9. The average molecular weight is 309 g/mol. The second-order valence-corrected chi connectivity index (χ2v) is 4.01. The third-order valence-corrected chi connectivity index (χ3v) is 2.45. The highest BCUT2D eigenvalue weighted by Crippen LogP contribution is 2.45.